The number of nitrogens with two attached hydrogens (primary N) is 1. The molecule has 23 heavy (non-hydrogen) atoms. The zero-order chi connectivity index (χ0) is 16.6. The highest BCUT2D eigenvalue weighted by molar-refractivity contribution is 6.00. The highest BCUT2D eigenvalue weighted by Crippen LogP contribution is 2.35. The third-order valence-electron chi connectivity index (χ3n) is 4.46. The number of anilines is 1. The Bertz CT molecular complexity index is 766. The number of aryl methyl sites for hydroxylation is 1. The lowest BCUT2D eigenvalue weighted by atomic mass is 10.0. The number of aromatic nitrogens is 1. The average Bonchev–Trinajstić information content (AvgIpc) is 2.82. The molecule has 0 aliphatic carbocycles. The van der Waals surface area contributed by atoms with E-state index in [-0.39, 0.29) is 0 Å². The van der Waals surface area contributed by atoms with E-state index in [0.717, 1.165) is 18.1 Å². The Morgan fingerprint density at radius 2 is 1.96 bits per heavy atom. The smallest absolute Gasteiger partial charge is 0.111 e. The number of hydrogen-bond acceptors (Lipinski definition) is 2. The predicted molar refractivity (Wildman–Crippen MR) is 97.9 cm³/mol. The number of hydrogen-bond donors (Lipinski definition) is 1. The lowest BCUT2D eigenvalue weighted by molar-refractivity contribution is 0.600. The van der Waals surface area contributed by atoms with Gasteiger partial charge in [0.15, 0.2) is 0 Å². The van der Waals surface area contributed by atoms with Crippen LogP contribution in [-0.4, -0.2) is 23.1 Å². The quantitative estimate of drug-likeness (QED) is 0.683. The van der Waals surface area contributed by atoms with Crippen molar-refractivity contribution in [3.05, 3.63) is 59.4 Å². The van der Waals surface area contributed by atoms with E-state index in [9.17, 15) is 0 Å². The van der Waals surface area contributed by atoms with Gasteiger partial charge in [0.05, 0.1) is 11.4 Å². The van der Waals surface area contributed by atoms with Crippen LogP contribution in [0.3, 0.4) is 0 Å². The molecule has 2 heterocycles. The molecule has 3 rings (SSSR count). The molecule has 1 unspecified atom stereocenters. The molecular formula is C19H24N4. The Morgan fingerprint density at radius 3 is 2.61 bits per heavy atom. The Hall–Kier alpha value is -2.33. The Morgan fingerprint density at radius 1 is 1.26 bits per heavy atom. The van der Waals surface area contributed by atoms with Gasteiger partial charge in [0.2, 0.25) is 0 Å². The van der Waals surface area contributed by atoms with Gasteiger partial charge in [-0.15, -0.1) is 0 Å². The number of fused-ring (bicyclic) bond motifs is 1. The zero-order valence-electron chi connectivity index (χ0n) is 14.2. The summed E-state index contributed by atoms with van der Waals surface area (Å²) in [6, 6.07) is 12.7. The first-order chi connectivity index (χ1) is 10.9. The van der Waals surface area contributed by atoms with Crippen molar-refractivity contribution in [1.29, 1.82) is 0 Å². The average molecular weight is 308 g/mol. The second kappa shape index (κ2) is 5.70. The van der Waals surface area contributed by atoms with Crippen molar-refractivity contribution in [2.24, 2.45) is 10.7 Å². The first-order valence-corrected chi connectivity index (χ1v) is 7.90. The van der Waals surface area contributed by atoms with Gasteiger partial charge in [0, 0.05) is 19.3 Å². The third-order valence-corrected chi connectivity index (χ3v) is 4.46. The van der Waals surface area contributed by atoms with Crippen molar-refractivity contribution < 1.29 is 0 Å². The molecule has 4 nitrogen and oxygen atoms in total. The van der Waals surface area contributed by atoms with E-state index in [4.69, 9.17) is 5.73 Å². The molecule has 1 atom stereocenters. The summed E-state index contributed by atoms with van der Waals surface area (Å²) in [5.41, 5.74) is 10.7. The van der Waals surface area contributed by atoms with Crippen molar-refractivity contribution >= 4 is 17.6 Å². The Labute approximate surface area is 137 Å². The molecule has 1 aromatic carbocycles. The van der Waals surface area contributed by atoms with E-state index in [1.807, 2.05) is 26.0 Å². The molecule has 0 saturated heterocycles. The number of benzene rings is 1. The van der Waals surface area contributed by atoms with Gasteiger partial charge in [-0.25, -0.2) is 0 Å². The van der Waals surface area contributed by atoms with E-state index in [0.29, 0.717) is 0 Å². The summed E-state index contributed by atoms with van der Waals surface area (Å²) < 4.78 is 2.33. The minimum Gasteiger partial charge on any atom is -0.339 e. The second-order valence-corrected chi connectivity index (χ2v) is 6.29. The summed E-state index contributed by atoms with van der Waals surface area (Å²) in [5, 5.41) is 0. The molecule has 120 valence electrons. The van der Waals surface area contributed by atoms with E-state index in [2.05, 4.69) is 57.8 Å². The topological polar surface area (TPSA) is 46.5 Å². The van der Waals surface area contributed by atoms with Crippen LogP contribution in [-0.2, 0) is 6.54 Å². The predicted octanol–water partition coefficient (Wildman–Crippen LogP) is 3.40. The van der Waals surface area contributed by atoms with Crippen LogP contribution in [0.15, 0.2) is 47.5 Å². The largest absolute Gasteiger partial charge is 0.339 e. The van der Waals surface area contributed by atoms with Crippen molar-refractivity contribution in [1.82, 2.24) is 4.57 Å². The highest BCUT2D eigenvalue weighted by Gasteiger charge is 2.33. The third kappa shape index (κ3) is 2.70. The van der Waals surface area contributed by atoms with Gasteiger partial charge in [-0.3, -0.25) is 4.99 Å². The van der Waals surface area contributed by atoms with Crippen molar-refractivity contribution in [3.63, 3.8) is 0 Å². The number of aliphatic imine (C=N–C) groups is 1. The molecule has 4 heteroatoms. The van der Waals surface area contributed by atoms with Gasteiger partial charge < -0.3 is 15.2 Å². The van der Waals surface area contributed by atoms with E-state index in [1.54, 1.807) is 7.05 Å². The Kier molecular flexibility index (Phi) is 3.86. The fraction of sp³-hybridized carbons (Fsp3) is 0.316. The molecule has 2 N–H and O–H groups in total. The minimum atomic E-state index is -0.567. The van der Waals surface area contributed by atoms with Gasteiger partial charge in [-0.1, -0.05) is 30.3 Å². The number of rotatable bonds is 2. The van der Waals surface area contributed by atoms with Crippen LogP contribution < -0.4 is 10.6 Å². The van der Waals surface area contributed by atoms with E-state index >= 15 is 0 Å². The molecule has 0 bridgehead atoms. The summed E-state index contributed by atoms with van der Waals surface area (Å²) in [6.07, 6.45) is 4.18. The fourth-order valence-corrected chi connectivity index (χ4v) is 3.21. The number of nitrogens with zero attached hydrogens (tertiary/aromatic N) is 3. The normalized spacial score (nSPS) is 20.7. The van der Waals surface area contributed by atoms with Crippen molar-refractivity contribution in [2.45, 2.75) is 33.0 Å². The molecule has 1 aliphatic heterocycles. The van der Waals surface area contributed by atoms with Crippen molar-refractivity contribution in [2.75, 3.05) is 11.9 Å². The maximum Gasteiger partial charge on any atom is 0.111 e. The molecule has 0 amide bonds. The second-order valence-electron chi connectivity index (χ2n) is 6.29. The summed E-state index contributed by atoms with van der Waals surface area (Å²) in [6.45, 7) is 6.99. The molecule has 0 saturated carbocycles. The SMILES string of the molecule is CN=C(C)N1c2cc(C)n(Cc3ccccc3)c2C=CC1(C)N. The van der Waals surface area contributed by atoms with E-state index in [1.165, 1.54) is 17.0 Å². The zero-order valence-corrected chi connectivity index (χ0v) is 14.2. The van der Waals surface area contributed by atoms with Gasteiger partial charge in [-0.05, 0) is 44.6 Å². The van der Waals surface area contributed by atoms with Crippen LogP contribution in [0.2, 0.25) is 0 Å². The van der Waals surface area contributed by atoms with Crippen LogP contribution in [0.5, 0.6) is 0 Å². The molecule has 1 aromatic heterocycles. The summed E-state index contributed by atoms with van der Waals surface area (Å²) in [5.74, 6) is 0.914. The monoisotopic (exact) mass is 308 g/mol. The van der Waals surface area contributed by atoms with Crippen LogP contribution in [0.25, 0.3) is 6.08 Å². The molecular weight excluding hydrogens is 284 g/mol. The lowest BCUT2D eigenvalue weighted by Gasteiger charge is -2.40. The molecule has 0 radical (unpaired) electrons. The van der Waals surface area contributed by atoms with Gasteiger partial charge >= 0.3 is 0 Å². The lowest BCUT2D eigenvalue weighted by Crippen LogP contribution is -2.56. The molecule has 1 aliphatic rings. The van der Waals surface area contributed by atoms with Gasteiger partial charge in [0.25, 0.3) is 0 Å². The summed E-state index contributed by atoms with van der Waals surface area (Å²) >= 11 is 0. The Balaban J connectivity index is 2.09. The van der Waals surface area contributed by atoms with Crippen LogP contribution in [0.4, 0.5) is 5.69 Å². The van der Waals surface area contributed by atoms with Gasteiger partial charge in [0.1, 0.15) is 11.5 Å². The first-order valence-electron chi connectivity index (χ1n) is 7.90. The number of amidine groups is 1. The summed E-state index contributed by atoms with van der Waals surface area (Å²) in [4.78, 5) is 6.46. The highest BCUT2D eigenvalue weighted by atomic mass is 15.3. The molecule has 2 aromatic rings. The van der Waals surface area contributed by atoms with E-state index < -0.39 is 5.66 Å². The maximum atomic E-state index is 6.47. The maximum absolute atomic E-state index is 6.47. The first kappa shape index (κ1) is 15.6. The standard InChI is InChI=1S/C19H24N4/c1-14-12-18-17(22(14)13-16-8-6-5-7-9-16)10-11-19(3,20)23(18)15(2)21-4/h5-12H,13,20H2,1-4H3. The molecule has 0 spiro atoms. The van der Waals surface area contributed by atoms with Crippen LogP contribution in [0.1, 0.15) is 30.8 Å². The fourth-order valence-electron chi connectivity index (χ4n) is 3.21. The van der Waals surface area contributed by atoms with Crippen molar-refractivity contribution in [3.8, 4) is 0 Å². The van der Waals surface area contributed by atoms with Crippen LogP contribution >= 0.6 is 0 Å². The minimum absolute atomic E-state index is 0.567. The summed E-state index contributed by atoms with van der Waals surface area (Å²) in [7, 11) is 1.80. The van der Waals surface area contributed by atoms with Gasteiger partial charge in [-0.2, -0.15) is 0 Å². The van der Waals surface area contributed by atoms with Crippen LogP contribution in [0, 0.1) is 6.92 Å². The molecule has 0 fully saturated rings.